The molecule has 0 N–H and O–H groups in total. The molecular formula is C12H18O6. The largest absolute Gasteiger partial charge is 0.463 e. The first-order valence-electron chi connectivity index (χ1n) is 5.69. The van der Waals surface area contributed by atoms with Crippen LogP contribution in [-0.4, -0.2) is 37.7 Å². The normalized spacial score (nSPS) is 10.7. The summed E-state index contributed by atoms with van der Waals surface area (Å²) in [6.07, 6.45) is 1.73. The molecule has 6 heteroatoms. The van der Waals surface area contributed by atoms with Gasteiger partial charge in [-0.2, -0.15) is 0 Å². The quantitative estimate of drug-likeness (QED) is 0.385. The molecule has 0 atom stereocenters. The number of rotatable bonds is 7. The summed E-state index contributed by atoms with van der Waals surface area (Å²) in [6.45, 7) is 4.95. The van der Waals surface area contributed by atoms with Crippen LogP contribution in [0.1, 0.15) is 27.2 Å². The highest BCUT2D eigenvalue weighted by molar-refractivity contribution is 5.96. The van der Waals surface area contributed by atoms with Crippen LogP contribution in [0.3, 0.4) is 0 Å². The van der Waals surface area contributed by atoms with Crippen molar-refractivity contribution in [1.29, 1.82) is 0 Å². The Bertz CT molecular complexity index is 331. The maximum atomic E-state index is 11.4. The van der Waals surface area contributed by atoms with E-state index >= 15 is 0 Å². The molecule has 0 bridgehead atoms. The fourth-order valence-corrected chi connectivity index (χ4v) is 0.921. The van der Waals surface area contributed by atoms with Crippen LogP contribution in [0.25, 0.3) is 0 Å². The molecule has 0 radical (unpaired) electrons. The minimum absolute atomic E-state index is 0.0698. The van der Waals surface area contributed by atoms with E-state index in [-0.39, 0.29) is 12.2 Å². The summed E-state index contributed by atoms with van der Waals surface area (Å²) in [6, 6.07) is 0. The Labute approximate surface area is 106 Å². The fraction of sp³-hybridized carbons (Fsp3) is 0.583. The van der Waals surface area contributed by atoms with Gasteiger partial charge < -0.3 is 14.2 Å². The first kappa shape index (κ1) is 16.1. The number of hydrogen-bond donors (Lipinski definition) is 0. The van der Waals surface area contributed by atoms with E-state index in [0.29, 0.717) is 13.0 Å². The predicted molar refractivity (Wildman–Crippen MR) is 62.6 cm³/mol. The van der Waals surface area contributed by atoms with Crippen molar-refractivity contribution in [2.24, 2.45) is 0 Å². The molecular weight excluding hydrogens is 240 g/mol. The Hall–Kier alpha value is -1.85. The van der Waals surface area contributed by atoms with Crippen molar-refractivity contribution >= 4 is 17.9 Å². The molecule has 0 aliphatic heterocycles. The van der Waals surface area contributed by atoms with Crippen molar-refractivity contribution in [3.05, 3.63) is 11.6 Å². The summed E-state index contributed by atoms with van der Waals surface area (Å²) in [5.74, 6) is -1.99. The third-order valence-electron chi connectivity index (χ3n) is 1.73. The van der Waals surface area contributed by atoms with Gasteiger partial charge in [0.05, 0.1) is 13.2 Å². The van der Waals surface area contributed by atoms with E-state index in [4.69, 9.17) is 4.74 Å². The second-order valence-corrected chi connectivity index (χ2v) is 3.38. The summed E-state index contributed by atoms with van der Waals surface area (Å²) >= 11 is 0. The molecule has 0 unspecified atom stereocenters. The van der Waals surface area contributed by atoms with Crippen molar-refractivity contribution < 1.29 is 28.6 Å². The first-order chi connectivity index (χ1) is 8.51. The van der Waals surface area contributed by atoms with Gasteiger partial charge in [0, 0.05) is 11.6 Å². The third kappa shape index (κ3) is 7.43. The highest BCUT2D eigenvalue weighted by atomic mass is 16.6. The van der Waals surface area contributed by atoms with Crippen LogP contribution in [0.5, 0.6) is 0 Å². The van der Waals surface area contributed by atoms with Crippen LogP contribution in [0.15, 0.2) is 11.6 Å². The van der Waals surface area contributed by atoms with Crippen molar-refractivity contribution in [1.82, 2.24) is 0 Å². The van der Waals surface area contributed by atoms with E-state index in [0.717, 1.165) is 6.08 Å². The van der Waals surface area contributed by atoms with E-state index in [1.807, 2.05) is 6.92 Å². The predicted octanol–water partition coefficient (Wildman–Crippen LogP) is 0.992. The molecule has 0 aliphatic rings. The Balaban J connectivity index is 4.12. The average Bonchev–Trinajstić information content (AvgIpc) is 2.33. The van der Waals surface area contributed by atoms with Crippen molar-refractivity contribution in [3.8, 4) is 0 Å². The Morgan fingerprint density at radius 2 is 1.72 bits per heavy atom. The molecule has 0 saturated heterocycles. The van der Waals surface area contributed by atoms with Crippen LogP contribution in [0.4, 0.5) is 0 Å². The smallest absolute Gasteiger partial charge is 0.344 e. The maximum absolute atomic E-state index is 11.4. The van der Waals surface area contributed by atoms with Crippen LogP contribution >= 0.6 is 0 Å². The van der Waals surface area contributed by atoms with Crippen LogP contribution in [0, 0.1) is 0 Å². The van der Waals surface area contributed by atoms with Crippen LogP contribution in [-0.2, 0) is 28.6 Å². The minimum Gasteiger partial charge on any atom is -0.463 e. The van der Waals surface area contributed by atoms with E-state index in [9.17, 15) is 14.4 Å². The molecule has 0 aliphatic carbocycles. The first-order valence-corrected chi connectivity index (χ1v) is 5.69. The fourth-order valence-electron chi connectivity index (χ4n) is 0.921. The van der Waals surface area contributed by atoms with Gasteiger partial charge in [-0.1, -0.05) is 6.92 Å². The maximum Gasteiger partial charge on any atom is 0.344 e. The van der Waals surface area contributed by atoms with Gasteiger partial charge in [0.1, 0.15) is 0 Å². The van der Waals surface area contributed by atoms with Gasteiger partial charge in [-0.05, 0) is 20.3 Å². The molecule has 0 fully saturated rings. The van der Waals surface area contributed by atoms with Crippen molar-refractivity contribution in [2.45, 2.75) is 27.2 Å². The van der Waals surface area contributed by atoms with Gasteiger partial charge in [-0.25, -0.2) is 14.4 Å². The van der Waals surface area contributed by atoms with Gasteiger partial charge in [-0.3, -0.25) is 0 Å². The summed E-state index contributed by atoms with van der Waals surface area (Å²) in [4.78, 5) is 33.4. The Morgan fingerprint density at radius 3 is 2.28 bits per heavy atom. The van der Waals surface area contributed by atoms with Gasteiger partial charge in [-0.15, -0.1) is 0 Å². The summed E-state index contributed by atoms with van der Waals surface area (Å²) < 4.78 is 14.0. The van der Waals surface area contributed by atoms with Crippen LogP contribution in [0.2, 0.25) is 0 Å². The number of ether oxygens (including phenoxy) is 3. The lowest BCUT2D eigenvalue weighted by molar-refractivity contribution is -0.156. The molecule has 0 aromatic carbocycles. The second kappa shape index (κ2) is 9.21. The number of esters is 3. The highest BCUT2D eigenvalue weighted by Gasteiger charge is 2.11. The van der Waals surface area contributed by atoms with Crippen LogP contribution < -0.4 is 0 Å². The lowest BCUT2D eigenvalue weighted by Crippen LogP contribution is -2.17. The summed E-state index contributed by atoms with van der Waals surface area (Å²) in [5, 5.41) is 0. The lowest BCUT2D eigenvalue weighted by Gasteiger charge is -2.04. The monoisotopic (exact) mass is 258 g/mol. The summed E-state index contributed by atoms with van der Waals surface area (Å²) in [7, 11) is 0. The standard InChI is InChI=1S/C12H18O6/c1-4-6-17-10(13)7-9(3)12(15)18-8-11(14)16-5-2/h7H,4-6,8H2,1-3H3/b9-7-. The average molecular weight is 258 g/mol. The molecule has 0 heterocycles. The van der Waals surface area contributed by atoms with E-state index in [1.54, 1.807) is 6.92 Å². The minimum atomic E-state index is -0.753. The van der Waals surface area contributed by atoms with Gasteiger partial charge in [0.25, 0.3) is 0 Å². The van der Waals surface area contributed by atoms with Gasteiger partial charge in [0.2, 0.25) is 0 Å². The molecule has 0 rings (SSSR count). The number of carbonyl (C=O) groups is 3. The number of hydrogen-bond acceptors (Lipinski definition) is 6. The second-order valence-electron chi connectivity index (χ2n) is 3.38. The molecule has 0 spiro atoms. The zero-order chi connectivity index (χ0) is 14.0. The van der Waals surface area contributed by atoms with Crippen molar-refractivity contribution in [3.63, 3.8) is 0 Å². The summed E-state index contributed by atoms with van der Waals surface area (Å²) in [5.41, 5.74) is 0.0698. The van der Waals surface area contributed by atoms with E-state index in [2.05, 4.69) is 9.47 Å². The molecule has 0 aromatic heterocycles. The molecule has 0 aromatic rings. The zero-order valence-corrected chi connectivity index (χ0v) is 10.9. The lowest BCUT2D eigenvalue weighted by atomic mass is 10.3. The molecule has 0 amide bonds. The van der Waals surface area contributed by atoms with Gasteiger partial charge >= 0.3 is 17.9 Å². The topological polar surface area (TPSA) is 78.9 Å². The van der Waals surface area contributed by atoms with E-state index in [1.165, 1.54) is 6.92 Å². The zero-order valence-electron chi connectivity index (χ0n) is 10.9. The molecule has 18 heavy (non-hydrogen) atoms. The highest BCUT2D eigenvalue weighted by Crippen LogP contribution is 1.98. The van der Waals surface area contributed by atoms with E-state index < -0.39 is 24.5 Å². The number of carbonyl (C=O) groups excluding carboxylic acids is 3. The Morgan fingerprint density at radius 1 is 1.06 bits per heavy atom. The van der Waals surface area contributed by atoms with Gasteiger partial charge in [0.15, 0.2) is 6.61 Å². The van der Waals surface area contributed by atoms with Crippen molar-refractivity contribution in [2.75, 3.05) is 19.8 Å². The SMILES string of the molecule is CCCOC(=O)/C=C(/C)C(=O)OCC(=O)OCC. The Kier molecular flexibility index (Phi) is 8.26. The third-order valence-corrected chi connectivity index (χ3v) is 1.73. The molecule has 6 nitrogen and oxygen atoms in total. The molecule has 0 saturated carbocycles. The molecule has 102 valence electrons.